The topological polar surface area (TPSA) is 73.1 Å². The number of carbonyl (C=O) groups is 1. The fraction of sp³-hybridized carbons (Fsp3) is 0.265. The number of rotatable bonds is 9. The van der Waals surface area contributed by atoms with Crippen LogP contribution < -0.4 is 24.4 Å². The van der Waals surface area contributed by atoms with Gasteiger partial charge in [-0.1, -0.05) is 75.3 Å². The number of thiazole rings is 1. The molecule has 7 nitrogen and oxygen atoms in total. The van der Waals surface area contributed by atoms with Crippen LogP contribution in [-0.4, -0.2) is 35.6 Å². The van der Waals surface area contributed by atoms with Gasteiger partial charge in [0.1, 0.15) is 24.1 Å². The Balaban J connectivity index is 1.65. The van der Waals surface area contributed by atoms with Crippen LogP contribution in [0.4, 0.5) is 0 Å². The minimum atomic E-state index is -0.692. The Morgan fingerprint density at radius 2 is 1.77 bits per heavy atom. The molecule has 9 heteroatoms. The lowest BCUT2D eigenvalue weighted by Gasteiger charge is -2.29. The van der Waals surface area contributed by atoms with Crippen molar-refractivity contribution in [3.8, 4) is 11.5 Å². The Labute approximate surface area is 263 Å². The maximum absolute atomic E-state index is 14.2. The van der Waals surface area contributed by atoms with Crippen molar-refractivity contribution in [3.63, 3.8) is 0 Å². The lowest BCUT2D eigenvalue weighted by atomic mass is 9.94. The Morgan fingerprint density at radius 3 is 2.47 bits per heavy atom. The molecule has 1 aliphatic heterocycles. The number of halogens is 1. The zero-order valence-electron chi connectivity index (χ0n) is 24.9. The van der Waals surface area contributed by atoms with E-state index in [9.17, 15) is 9.59 Å². The van der Waals surface area contributed by atoms with E-state index < -0.39 is 6.04 Å². The number of methoxy groups -OCH3 is 1. The largest absolute Gasteiger partial charge is 0.496 e. The summed E-state index contributed by atoms with van der Waals surface area (Å²) in [5.41, 5.74) is 4.55. The SMILES string of the molecule is CCN(CC)C(=O)C1=C(C)N=c2s/c(=C/c3cc(Br)ccc3OCc3ccc(C)cc3)c(=O)n2[C@@H]1c1ccccc1OC. The summed E-state index contributed by atoms with van der Waals surface area (Å²) in [6.45, 7) is 9.26. The molecule has 1 amide bonds. The highest BCUT2D eigenvalue weighted by Crippen LogP contribution is 2.36. The van der Waals surface area contributed by atoms with Gasteiger partial charge in [-0.05, 0) is 63.6 Å². The van der Waals surface area contributed by atoms with Crippen LogP contribution in [0.2, 0.25) is 0 Å². The molecular formula is C34H34BrN3O4S. The van der Waals surface area contributed by atoms with Crippen molar-refractivity contribution < 1.29 is 14.3 Å². The highest BCUT2D eigenvalue weighted by atomic mass is 79.9. The minimum Gasteiger partial charge on any atom is -0.496 e. The van der Waals surface area contributed by atoms with Crippen LogP contribution in [0.15, 0.2) is 92.3 Å². The summed E-state index contributed by atoms with van der Waals surface area (Å²) < 4.78 is 14.9. The second-order valence-electron chi connectivity index (χ2n) is 10.3. The van der Waals surface area contributed by atoms with Crippen LogP contribution in [0.5, 0.6) is 11.5 Å². The molecule has 4 aromatic rings. The number of ether oxygens (including phenoxy) is 2. The van der Waals surface area contributed by atoms with E-state index in [0.29, 0.717) is 51.8 Å². The van der Waals surface area contributed by atoms with Gasteiger partial charge in [-0.25, -0.2) is 4.99 Å². The first-order chi connectivity index (χ1) is 20.7. The number of fused-ring (bicyclic) bond motifs is 1. The number of para-hydroxylation sites is 1. The van der Waals surface area contributed by atoms with Crippen LogP contribution in [-0.2, 0) is 11.4 Å². The van der Waals surface area contributed by atoms with Gasteiger partial charge >= 0.3 is 0 Å². The fourth-order valence-corrected chi connectivity index (χ4v) is 6.63. The third kappa shape index (κ3) is 6.24. The number of allylic oxidation sites excluding steroid dienone is 1. The summed E-state index contributed by atoms with van der Waals surface area (Å²) >= 11 is 4.86. The molecule has 0 N–H and O–H groups in total. The van der Waals surface area contributed by atoms with Gasteiger partial charge in [-0.15, -0.1) is 0 Å². The van der Waals surface area contributed by atoms with E-state index in [2.05, 4.69) is 35.0 Å². The minimum absolute atomic E-state index is 0.143. The Morgan fingerprint density at radius 1 is 1.05 bits per heavy atom. The lowest BCUT2D eigenvalue weighted by molar-refractivity contribution is -0.127. The van der Waals surface area contributed by atoms with E-state index in [-0.39, 0.29) is 11.5 Å². The predicted octanol–water partition coefficient (Wildman–Crippen LogP) is 5.76. The Kier molecular flexibility index (Phi) is 9.32. The zero-order valence-corrected chi connectivity index (χ0v) is 27.3. The Bertz CT molecular complexity index is 1870. The average molecular weight is 661 g/mol. The van der Waals surface area contributed by atoms with E-state index in [1.54, 1.807) is 16.6 Å². The summed E-state index contributed by atoms with van der Waals surface area (Å²) in [4.78, 5) is 35.2. The molecule has 0 unspecified atom stereocenters. The van der Waals surface area contributed by atoms with Crippen LogP contribution in [0, 0.1) is 6.92 Å². The van der Waals surface area contributed by atoms with Crippen molar-refractivity contribution in [2.45, 2.75) is 40.3 Å². The third-order valence-corrected chi connectivity index (χ3v) is 8.99. The molecule has 2 heterocycles. The van der Waals surface area contributed by atoms with Gasteiger partial charge in [0.2, 0.25) is 0 Å². The molecular weight excluding hydrogens is 626 g/mol. The number of aromatic nitrogens is 1. The molecule has 1 atom stereocenters. The summed E-state index contributed by atoms with van der Waals surface area (Å²) in [6.07, 6.45) is 1.84. The first-order valence-corrected chi connectivity index (χ1v) is 15.8. The fourth-order valence-electron chi connectivity index (χ4n) is 5.21. The molecule has 0 saturated heterocycles. The molecule has 222 valence electrons. The molecule has 1 aromatic heterocycles. The van der Waals surface area contributed by atoms with E-state index in [0.717, 1.165) is 21.2 Å². The number of aryl methyl sites for hydroxylation is 1. The van der Waals surface area contributed by atoms with Crippen LogP contribution in [0.3, 0.4) is 0 Å². The molecule has 1 aliphatic rings. The number of nitrogens with zero attached hydrogens (tertiary/aromatic N) is 3. The van der Waals surface area contributed by atoms with Gasteiger partial charge in [-0.3, -0.25) is 14.2 Å². The highest BCUT2D eigenvalue weighted by Gasteiger charge is 2.35. The van der Waals surface area contributed by atoms with Crippen molar-refractivity contribution >= 4 is 39.2 Å². The predicted molar refractivity (Wildman–Crippen MR) is 174 cm³/mol. The number of hydrogen-bond acceptors (Lipinski definition) is 6. The van der Waals surface area contributed by atoms with Crippen LogP contribution in [0.25, 0.3) is 6.08 Å². The van der Waals surface area contributed by atoms with Crippen LogP contribution in [0.1, 0.15) is 49.1 Å². The van der Waals surface area contributed by atoms with Gasteiger partial charge in [0.15, 0.2) is 4.80 Å². The first kappa shape index (κ1) is 30.5. The smallest absolute Gasteiger partial charge is 0.271 e. The molecule has 0 radical (unpaired) electrons. The van der Waals surface area contributed by atoms with E-state index in [1.807, 2.05) is 81.4 Å². The van der Waals surface area contributed by atoms with Crippen molar-refractivity contribution in [1.29, 1.82) is 0 Å². The van der Waals surface area contributed by atoms with Gasteiger partial charge in [0.25, 0.3) is 11.5 Å². The molecule has 0 saturated carbocycles. The zero-order chi connectivity index (χ0) is 30.7. The van der Waals surface area contributed by atoms with Crippen molar-refractivity contribution in [2.75, 3.05) is 20.2 Å². The monoisotopic (exact) mass is 659 g/mol. The molecule has 0 fully saturated rings. The summed E-state index contributed by atoms with van der Waals surface area (Å²) in [5.74, 6) is 1.11. The number of amides is 1. The molecule has 43 heavy (non-hydrogen) atoms. The molecule has 0 bridgehead atoms. The van der Waals surface area contributed by atoms with Crippen molar-refractivity contribution in [2.24, 2.45) is 4.99 Å². The number of carbonyl (C=O) groups excluding carboxylic acids is 1. The maximum Gasteiger partial charge on any atom is 0.271 e. The number of benzene rings is 3. The maximum atomic E-state index is 14.2. The summed E-state index contributed by atoms with van der Waals surface area (Å²) in [7, 11) is 1.59. The van der Waals surface area contributed by atoms with Gasteiger partial charge in [0.05, 0.1) is 22.9 Å². The Hall–Kier alpha value is -3.95. The molecule has 3 aromatic carbocycles. The number of likely N-dealkylation sites (N-methyl/N-ethyl adjacent to an activating group) is 1. The first-order valence-electron chi connectivity index (χ1n) is 14.2. The van der Waals surface area contributed by atoms with Crippen molar-refractivity contribution in [1.82, 2.24) is 9.47 Å². The number of hydrogen-bond donors (Lipinski definition) is 0. The van der Waals surface area contributed by atoms with Gasteiger partial charge in [0, 0.05) is 28.7 Å². The molecule has 0 aliphatic carbocycles. The van der Waals surface area contributed by atoms with Gasteiger partial charge < -0.3 is 14.4 Å². The quantitative estimate of drug-likeness (QED) is 0.229. The standard InChI is InChI=1S/C34H34BrN3O4S/c1-6-37(7-2)33(40)30-22(4)36-34-38(31(30)26-10-8-9-11-28(26)41-5)32(39)29(43-34)19-24-18-25(35)16-17-27(24)42-20-23-14-12-21(3)13-15-23/h8-19,31H,6-7,20H2,1-5H3/b29-19+/t31-/m1/s1. The second-order valence-corrected chi connectivity index (χ2v) is 12.2. The van der Waals surface area contributed by atoms with E-state index >= 15 is 0 Å². The second kappa shape index (κ2) is 13.1. The third-order valence-electron chi connectivity index (χ3n) is 7.51. The van der Waals surface area contributed by atoms with E-state index in [1.165, 1.54) is 16.9 Å². The highest BCUT2D eigenvalue weighted by molar-refractivity contribution is 9.10. The lowest BCUT2D eigenvalue weighted by Crippen LogP contribution is -2.43. The normalized spacial score (nSPS) is 14.7. The van der Waals surface area contributed by atoms with Crippen molar-refractivity contribution in [3.05, 3.63) is 124 Å². The van der Waals surface area contributed by atoms with Gasteiger partial charge in [-0.2, -0.15) is 0 Å². The molecule has 0 spiro atoms. The summed E-state index contributed by atoms with van der Waals surface area (Å²) in [6, 6.07) is 20.8. The summed E-state index contributed by atoms with van der Waals surface area (Å²) in [5, 5.41) is 0. The molecule has 5 rings (SSSR count). The van der Waals surface area contributed by atoms with E-state index in [4.69, 9.17) is 14.5 Å². The van der Waals surface area contributed by atoms with Crippen LogP contribution >= 0.6 is 27.3 Å². The average Bonchev–Trinajstić information content (AvgIpc) is 3.31.